The molecule has 2 nitrogen and oxygen atoms in total. The first kappa shape index (κ1) is 13.6. The van der Waals surface area contributed by atoms with E-state index in [4.69, 9.17) is 4.74 Å². The molecule has 0 amide bonds. The highest BCUT2D eigenvalue weighted by molar-refractivity contribution is 5.52. The summed E-state index contributed by atoms with van der Waals surface area (Å²) in [5, 5.41) is 3.95. The number of ether oxygens (including phenoxy) is 1. The molecule has 114 valence electrons. The monoisotopic (exact) mass is 285 g/mol. The minimum absolute atomic E-state index is 0.724. The number of methoxy groups -OCH3 is 1. The Hall–Kier alpha value is -1.02. The molecule has 0 spiro atoms. The highest BCUT2D eigenvalue weighted by atomic mass is 16.5. The number of hydrogen-bond donors (Lipinski definition) is 1. The zero-order chi connectivity index (χ0) is 14.2. The van der Waals surface area contributed by atoms with Gasteiger partial charge in [0.15, 0.2) is 0 Å². The molecular formula is C19H27NO. The Bertz CT molecular complexity index is 470. The minimum Gasteiger partial charge on any atom is -0.384 e. The van der Waals surface area contributed by atoms with E-state index in [2.05, 4.69) is 29.6 Å². The van der Waals surface area contributed by atoms with Crippen LogP contribution >= 0.6 is 0 Å². The van der Waals surface area contributed by atoms with Crippen LogP contribution in [-0.2, 0) is 11.2 Å². The number of nitrogens with one attached hydrogen (secondary N) is 1. The second-order valence-electron chi connectivity index (χ2n) is 7.50. The Kier molecular flexibility index (Phi) is 3.66. The van der Waals surface area contributed by atoms with Crippen molar-refractivity contribution >= 4 is 5.69 Å². The fraction of sp³-hybridized carbons (Fsp3) is 0.684. The SMILES string of the molecule is COCCc1ccccc1NC1C2CC3CC(C2)CC1C3. The van der Waals surface area contributed by atoms with Crippen molar-refractivity contribution in [1.82, 2.24) is 0 Å². The average Bonchev–Trinajstić information content (AvgIpc) is 2.49. The summed E-state index contributed by atoms with van der Waals surface area (Å²) in [7, 11) is 1.79. The maximum atomic E-state index is 5.26. The van der Waals surface area contributed by atoms with Gasteiger partial charge in [-0.2, -0.15) is 0 Å². The van der Waals surface area contributed by atoms with Crippen LogP contribution in [0.1, 0.15) is 37.7 Å². The second-order valence-corrected chi connectivity index (χ2v) is 7.50. The molecule has 5 rings (SSSR count). The molecule has 0 saturated heterocycles. The molecule has 0 heterocycles. The Morgan fingerprint density at radius 1 is 1.00 bits per heavy atom. The predicted molar refractivity (Wildman–Crippen MR) is 86.5 cm³/mol. The molecule has 4 aliphatic carbocycles. The van der Waals surface area contributed by atoms with E-state index in [1.165, 1.54) is 43.4 Å². The van der Waals surface area contributed by atoms with Crippen LogP contribution in [0.2, 0.25) is 0 Å². The van der Waals surface area contributed by atoms with Crippen LogP contribution in [0.4, 0.5) is 5.69 Å². The van der Waals surface area contributed by atoms with E-state index >= 15 is 0 Å². The predicted octanol–water partition coefficient (Wildman–Crippen LogP) is 4.11. The smallest absolute Gasteiger partial charge is 0.0503 e. The summed E-state index contributed by atoms with van der Waals surface area (Å²) >= 11 is 0. The molecule has 21 heavy (non-hydrogen) atoms. The molecule has 1 aromatic rings. The summed E-state index contributed by atoms with van der Waals surface area (Å²) in [6, 6.07) is 9.54. The summed E-state index contributed by atoms with van der Waals surface area (Å²) < 4.78 is 5.26. The lowest BCUT2D eigenvalue weighted by Crippen LogP contribution is -2.51. The molecule has 2 heteroatoms. The van der Waals surface area contributed by atoms with Gasteiger partial charge in [-0.15, -0.1) is 0 Å². The lowest BCUT2D eigenvalue weighted by atomic mass is 9.54. The first-order chi connectivity index (χ1) is 10.3. The summed E-state index contributed by atoms with van der Waals surface area (Å²) in [5.41, 5.74) is 2.76. The highest BCUT2D eigenvalue weighted by Crippen LogP contribution is 2.54. The fourth-order valence-electron chi connectivity index (χ4n) is 5.43. The molecule has 0 aliphatic heterocycles. The number of benzene rings is 1. The molecule has 0 radical (unpaired) electrons. The maximum Gasteiger partial charge on any atom is 0.0503 e. The van der Waals surface area contributed by atoms with Crippen molar-refractivity contribution in [3.63, 3.8) is 0 Å². The summed E-state index contributed by atoms with van der Waals surface area (Å²) in [6.07, 6.45) is 8.45. The zero-order valence-electron chi connectivity index (χ0n) is 13.1. The van der Waals surface area contributed by atoms with E-state index in [0.717, 1.165) is 42.7 Å². The fourth-order valence-corrected chi connectivity index (χ4v) is 5.43. The van der Waals surface area contributed by atoms with Gasteiger partial charge in [0.2, 0.25) is 0 Å². The largest absolute Gasteiger partial charge is 0.384 e. The Morgan fingerprint density at radius 3 is 2.33 bits per heavy atom. The lowest BCUT2D eigenvalue weighted by molar-refractivity contribution is 0.00751. The number of para-hydroxylation sites is 1. The number of anilines is 1. The molecule has 4 saturated carbocycles. The Labute approximate surface area is 128 Å². The zero-order valence-corrected chi connectivity index (χ0v) is 13.1. The van der Waals surface area contributed by atoms with Crippen molar-refractivity contribution in [2.75, 3.05) is 19.0 Å². The summed E-state index contributed by atoms with van der Waals surface area (Å²) in [6.45, 7) is 0.806. The Morgan fingerprint density at radius 2 is 1.67 bits per heavy atom. The van der Waals surface area contributed by atoms with Crippen LogP contribution in [0.15, 0.2) is 24.3 Å². The van der Waals surface area contributed by atoms with Gasteiger partial charge in [0.1, 0.15) is 0 Å². The van der Waals surface area contributed by atoms with Crippen LogP contribution < -0.4 is 5.32 Å². The molecule has 0 atom stereocenters. The maximum absolute atomic E-state index is 5.26. The highest BCUT2D eigenvalue weighted by Gasteiger charge is 2.48. The minimum atomic E-state index is 0.724. The third-order valence-corrected chi connectivity index (χ3v) is 6.14. The third kappa shape index (κ3) is 2.59. The van der Waals surface area contributed by atoms with Gasteiger partial charge in [-0.1, -0.05) is 18.2 Å². The summed E-state index contributed by atoms with van der Waals surface area (Å²) in [4.78, 5) is 0. The van der Waals surface area contributed by atoms with E-state index in [-0.39, 0.29) is 0 Å². The molecule has 0 aromatic heterocycles. The van der Waals surface area contributed by atoms with Gasteiger partial charge in [-0.3, -0.25) is 0 Å². The second kappa shape index (κ2) is 5.64. The van der Waals surface area contributed by atoms with Crippen molar-refractivity contribution in [2.24, 2.45) is 23.7 Å². The molecule has 4 aliphatic rings. The van der Waals surface area contributed by atoms with E-state index < -0.39 is 0 Å². The topological polar surface area (TPSA) is 21.3 Å². The van der Waals surface area contributed by atoms with Crippen LogP contribution in [0, 0.1) is 23.7 Å². The van der Waals surface area contributed by atoms with Crippen molar-refractivity contribution in [3.8, 4) is 0 Å². The van der Waals surface area contributed by atoms with Gasteiger partial charge in [0.25, 0.3) is 0 Å². The van der Waals surface area contributed by atoms with Gasteiger partial charge in [-0.05, 0) is 73.8 Å². The van der Waals surface area contributed by atoms with Gasteiger partial charge in [-0.25, -0.2) is 0 Å². The van der Waals surface area contributed by atoms with Gasteiger partial charge in [0.05, 0.1) is 6.61 Å². The molecule has 1 aromatic carbocycles. The van der Waals surface area contributed by atoms with Crippen molar-refractivity contribution < 1.29 is 4.74 Å². The number of hydrogen-bond acceptors (Lipinski definition) is 2. The molecule has 1 N–H and O–H groups in total. The van der Waals surface area contributed by atoms with Crippen LogP contribution in [-0.4, -0.2) is 19.8 Å². The van der Waals surface area contributed by atoms with Crippen LogP contribution in [0.5, 0.6) is 0 Å². The van der Waals surface area contributed by atoms with Gasteiger partial charge >= 0.3 is 0 Å². The van der Waals surface area contributed by atoms with Crippen molar-refractivity contribution in [2.45, 2.75) is 44.6 Å². The molecule has 0 unspecified atom stereocenters. The number of rotatable bonds is 5. The van der Waals surface area contributed by atoms with E-state index in [9.17, 15) is 0 Å². The lowest BCUT2D eigenvalue weighted by Gasteiger charge is -2.54. The van der Waals surface area contributed by atoms with E-state index in [1.54, 1.807) is 7.11 Å². The van der Waals surface area contributed by atoms with E-state index in [1.807, 2.05) is 0 Å². The van der Waals surface area contributed by atoms with Crippen LogP contribution in [0.3, 0.4) is 0 Å². The first-order valence-electron chi connectivity index (χ1n) is 8.67. The quantitative estimate of drug-likeness (QED) is 0.879. The third-order valence-electron chi connectivity index (χ3n) is 6.14. The van der Waals surface area contributed by atoms with Crippen molar-refractivity contribution in [3.05, 3.63) is 29.8 Å². The Balaban J connectivity index is 1.51. The average molecular weight is 285 g/mol. The molecular weight excluding hydrogens is 258 g/mol. The summed E-state index contributed by atoms with van der Waals surface area (Å²) in [5.74, 6) is 3.96. The van der Waals surface area contributed by atoms with Crippen LogP contribution in [0.25, 0.3) is 0 Å². The normalized spacial score (nSPS) is 36.9. The molecule has 4 fully saturated rings. The van der Waals surface area contributed by atoms with Gasteiger partial charge < -0.3 is 10.1 Å². The standard InChI is InChI=1S/C19H27NO/c1-21-7-6-15-4-2-3-5-18(15)20-19-16-9-13-8-14(11-16)12-17(19)10-13/h2-5,13-14,16-17,19-20H,6-12H2,1H3. The van der Waals surface area contributed by atoms with E-state index in [0.29, 0.717) is 0 Å². The van der Waals surface area contributed by atoms with Crippen molar-refractivity contribution in [1.29, 1.82) is 0 Å². The molecule has 4 bridgehead atoms. The first-order valence-corrected chi connectivity index (χ1v) is 8.67. The van der Waals surface area contributed by atoms with Gasteiger partial charge in [0, 0.05) is 18.8 Å².